The van der Waals surface area contributed by atoms with Gasteiger partial charge in [-0.25, -0.2) is 0 Å². The third kappa shape index (κ3) is 3.19. The molecule has 0 radical (unpaired) electrons. The van der Waals surface area contributed by atoms with Gasteiger partial charge < -0.3 is 24.6 Å². The molecule has 0 saturated heterocycles. The van der Waals surface area contributed by atoms with Gasteiger partial charge in [-0.3, -0.25) is 0 Å². The van der Waals surface area contributed by atoms with E-state index >= 15 is 0 Å². The predicted molar refractivity (Wildman–Crippen MR) is 62.5 cm³/mol. The molecule has 19 heavy (non-hydrogen) atoms. The van der Waals surface area contributed by atoms with Crippen LogP contribution in [0, 0.1) is 11.3 Å². The van der Waals surface area contributed by atoms with E-state index in [4.69, 9.17) is 0 Å². The summed E-state index contributed by atoms with van der Waals surface area (Å²) in [5, 5.41) is 22.1. The van der Waals surface area contributed by atoms with Gasteiger partial charge in [0, 0.05) is 17.3 Å². The lowest BCUT2D eigenvalue weighted by Gasteiger charge is -2.37. The molecule has 0 aromatic heterocycles. The van der Waals surface area contributed by atoms with E-state index in [0.29, 0.717) is 11.8 Å². The lowest BCUT2D eigenvalue weighted by atomic mass is 9.69. The van der Waals surface area contributed by atoms with Crippen molar-refractivity contribution in [1.29, 1.82) is 0 Å². The molecule has 0 N–H and O–H groups in total. The summed E-state index contributed by atoms with van der Waals surface area (Å²) in [5.74, 6) is -6.46. The third-order valence-corrected chi connectivity index (χ3v) is 3.11. The average molecular weight is 262 g/mol. The van der Waals surface area contributed by atoms with Crippen LogP contribution >= 0.6 is 0 Å². The molecule has 0 fully saturated rings. The molecule has 0 bridgehead atoms. The molecule has 5 heteroatoms. The first kappa shape index (κ1) is 14.9. The Kier molecular flexibility index (Phi) is 4.43. The molecule has 102 valence electrons. The number of carboxylic acid groups (broad SMARTS) is 2. The van der Waals surface area contributed by atoms with Crippen molar-refractivity contribution in [3.05, 3.63) is 35.9 Å². The quantitative estimate of drug-likeness (QED) is 0.489. The van der Waals surface area contributed by atoms with Crippen molar-refractivity contribution in [2.24, 2.45) is 11.3 Å². The van der Waals surface area contributed by atoms with Crippen molar-refractivity contribution in [3.8, 4) is 0 Å². The zero-order valence-corrected chi connectivity index (χ0v) is 10.7. The van der Waals surface area contributed by atoms with Gasteiger partial charge in [0.1, 0.15) is 6.29 Å². The van der Waals surface area contributed by atoms with E-state index in [-0.39, 0.29) is 0 Å². The third-order valence-electron chi connectivity index (χ3n) is 3.11. The Morgan fingerprint density at radius 2 is 1.58 bits per heavy atom. The Morgan fingerprint density at radius 3 is 1.95 bits per heavy atom. The molecule has 0 spiro atoms. The standard InChI is InChI=1S/C14H16O5/c1-14(2,8-15)11(9-6-4-3-5-7-9)10(12(16)17)13(18)19/h3-8,10-11H,1-2H3,(H,16,17)(H,18,19)/p-2/t11-/m1/s1. The first-order valence-electron chi connectivity index (χ1n) is 5.74. The van der Waals surface area contributed by atoms with Gasteiger partial charge in [0.15, 0.2) is 0 Å². The highest BCUT2D eigenvalue weighted by Gasteiger charge is 2.38. The molecular weight excluding hydrogens is 248 g/mol. The Morgan fingerprint density at radius 1 is 1.11 bits per heavy atom. The van der Waals surface area contributed by atoms with Crippen LogP contribution in [0.4, 0.5) is 0 Å². The highest BCUT2D eigenvalue weighted by Crippen LogP contribution is 2.39. The number of benzene rings is 1. The molecule has 0 unspecified atom stereocenters. The number of carbonyl (C=O) groups is 3. The average Bonchev–Trinajstić information content (AvgIpc) is 2.35. The maximum absolute atomic E-state index is 11.2. The topological polar surface area (TPSA) is 97.3 Å². The van der Waals surface area contributed by atoms with Crippen LogP contribution in [0.1, 0.15) is 25.3 Å². The minimum atomic E-state index is -1.89. The monoisotopic (exact) mass is 262 g/mol. The molecule has 1 atom stereocenters. The van der Waals surface area contributed by atoms with Crippen LogP contribution < -0.4 is 10.2 Å². The SMILES string of the molecule is CC(C)(C=O)[C@H](c1ccccc1)C(C(=O)[O-])C(=O)[O-]. The Balaban J connectivity index is 3.39. The Labute approximate surface area is 110 Å². The second-order valence-corrected chi connectivity index (χ2v) is 4.94. The van der Waals surface area contributed by atoms with Gasteiger partial charge in [-0.1, -0.05) is 44.2 Å². The van der Waals surface area contributed by atoms with Crippen molar-refractivity contribution in [2.75, 3.05) is 0 Å². The van der Waals surface area contributed by atoms with Gasteiger partial charge in [-0.2, -0.15) is 0 Å². The first-order valence-corrected chi connectivity index (χ1v) is 5.74. The van der Waals surface area contributed by atoms with Crippen molar-refractivity contribution >= 4 is 18.2 Å². The number of rotatable bonds is 6. The Bertz CT molecular complexity index is 464. The van der Waals surface area contributed by atoms with Crippen molar-refractivity contribution in [1.82, 2.24) is 0 Å². The van der Waals surface area contributed by atoms with E-state index < -0.39 is 29.2 Å². The molecule has 1 aromatic carbocycles. The molecule has 0 heterocycles. The maximum atomic E-state index is 11.2. The van der Waals surface area contributed by atoms with Gasteiger partial charge in [0.05, 0.1) is 11.9 Å². The number of aldehydes is 1. The minimum absolute atomic E-state index is 0.443. The van der Waals surface area contributed by atoms with E-state index in [1.807, 2.05) is 0 Å². The maximum Gasteiger partial charge on any atom is 0.126 e. The summed E-state index contributed by atoms with van der Waals surface area (Å²) in [6.07, 6.45) is 0.545. The summed E-state index contributed by atoms with van der Waals surface area (Å²) >= 11 is 0. The molecule has 1 rings (SSSR count). The fourth-order valence-electron chi connectivity index (χ4n) is 2.15. The largest absolute Gasteiger partial charge is 0.549 e. The summed E-state index contributed by atoms with van der Waals surface area (Å²) in [6.45, 7) is 2.97. The van der Waals surface area contributed by atoms with Crippen LogP contribution in [0.2, 0.25) is 0 Å². The fourth-order valence-corrected chi connectivity index (χ4v) is 2.15. The second-order valence-electron chi connectivity index (χ2n) is 4.94. The van der Waals surface area contributed by atoms with Crippen molar-refractivity contribution < 1.29 is 24.6 Å². The van der Waals surface area contributed by atoms with E-state index in [0.717, 1.165) is 0 Å². The Hall–Kier alpha value is -2.17. The normalized spacial score (nSPS) is 13.0. The summed E-state index contributed by atoms with van der Waals surface area (Å²) in [6, 6.07) is 8.15. The molecule has 1 aromatic rings. The molecule has 0 aliphatic rings. The summed E-state index contributed by atoms with van der Waals surface area (Å²) < 4.78 is 0. The number of carboxylic acids is 2. The lowest BCUT2D eigenvalue weighted by molar-refractivity contribution is -0.333. The zero-order chi connectivity index (χ0) is 14.6. The van der Waals surface area contributed by atoms with Gasteiger partial charge in [0.2, 0.25) is 0 Å². The summed E-state index contributed by atoms with van der Waals surface area (Å²) in [4.78, 5) is 33.3. The van der Waals surface area contributed by atoms with E-state index in [9.17, 15) is 24.6 Å². The van der Waals surface area contributed by atoms with Gasteiger partial charge in [-0.15, -0.1) is 0 Å². The van der Waals surface area contributed by atoms with Crippen molar-refractivity contribution in [2.45, 2.75) is 19.8 Å². The highest BCUT2D eigenvalue weighted by molar-refractivity contribution is 5.92. The predicted octanol–water partition coefficient (Wildman–Crippen LogP) is -0.889. The summed E-state index contributed by atoms with van der Waals surface area (Å²) in [7, 11) is 0. The van der Waals surface area contributed by atoms with Crippen LogP contribution in [-0.2, 0) is 14.4 Å². The zero-order valence-electron chi connectivity index (χ0n) is 10.7. The van der Waals surface area contributed by atoms with E-state index in [1.165, 1.54) is 13.8 Å². The van der Waals surface area contributed by atoms with Crippen LogP contribution in [0.5, 0.6) is 0 Å². The summed E-state index contributed by atoms with van der Waals surface area (Å²) in [5.41, 5.74) is -0.732. The van der Waals surface area contributed by atoms with Crippen LogP contribution in [0.15, 0.2) is 30.3 Å². The van der Waals surface area contributed by atoms with Crippen molar-refractivity contribution in [3.63, 3.8) is 0 Å². The molecule has 0 saturated carbocycles. The number of carbonyl (C=O) groups excluding carboxylic acids is 3. The lowest BCUT2D eigenvalue weighted by Crippen LogP contribution is -2.49. The van der Waals surface area contributed by atoms with Crippen LogP contribution in [0.25, 0.3) is 0 Å². The highest BCUT2D eigenvalue weighted by atomic mass is 16.4. The smallest absolute Gasteiger partial charge is 0.126 e. The first-order chi connectivity index (χ1) is 8.81. The molecular formula is C14H14O5-2. The molecule has 0 aliphatic heterocycles. The molecule has 0 amide bonds. The van der Waals surface area contributed by atoms with Crippen LogP contribution in [-0.4, -0.2) is 18.2 Å². The number of aliphatic carboxylic acids is 2. The van der Waals surface area contributed by atoms with Gasteiger partial charge in [0.25, 0.3) is 0 Å². The van der Waals surface area contributed by atoms with Crippen LogP contribution in [0.3, 0.4) is 0 Å². The molecule has 5 nitrogen and oxygen atoms in total. The van der Waals surface area contributed by atoms with E-state index in [2.05, 4.69) is 0 Å². The van der Waals surface area contributed by atoms with Gasteiger partial charge >= 0.3 is 0 Å². The second kappa shape index (κ2) is 5.65. The molecule has 0 aliphatic carbocycles. The number of hydrogen-bond donors (Lipinski definition) is 0. The van der Waals surface area contributed by atoms with E-state index in [1.54, 1.807) is 30.3 Å². The minimum Gasteiger partial charge on any atom is -0.549 e. The fraction of sp³-hybridized carbons (Fsp3) is 0.357. The van der Waals surface area contributed by atoms with Gasteiger partial charge in [-0.05, 0) is 5.56 Å². The number of hydrogen-bond acceptors (Lipinski definition) is 5.